The standard InChI is InChI=1S/C15H18N4O4/c1-10-15(19(21)22)11(2)18(17-10)8-14(20)16-13-6-4-5-12(7-13)9-23-3/h4-7H,8-9H2,1-3H3,(H,16,20). The molecule has 0 spiro atoms. The van der Waals surface area contributed by atoms with Gasteiger partial charge in [0.25, 0.3) is 0 Å². The fourth-order valence-electron chi connectivity index (χ4n) is 2.35. The molecule has 1 N–H and O–H groups in total. The van der Waals surface area contributed by atoms with E-state index in [-0.39, 0.29) is 18.1 Å². The number of rotatable bonds is 6. The number of aryl methyl sites for hydroxylation is 1. The van der Waals surface area contributed by atoms with Crippen LogP contribution in [0.5, 0.6) is 0 Å². The summed E-state index contributed by atoms with van der Waals surface area (Å²) in [6.07, 6.45) is 0. The number of ether oxygens (including phenoxy) is 1. The maximum Gasteiger partial charge on any atom is 0.312 e. The zero-order chi connectivity index (χ0) is 17.0. The number of aromatic nitrogens is 2. The number of benzene rings is 1. The molecule has 0 atom stereocenters. The van der Waals surface area contributed by atoms with Crippen molar-refractivity contribution >= 4 is 17.3 Å². The maximum absolute atomic E-state index is 12.1. The van der Waals surface area contributed by atoms with Crippen molar-refractivity contribution < 1.29 is 14.5 Å². The third-order valence-electron chi connectivity index (χ3n) is 3.34. The van der Waals surface area contributed by atoms with Gasteiger partial charge in [-0.2, -0.15) is 5.10 Å². The molecule has 0 unspecified atom stereocenters. The lowest BCUT2D eigenvalue weighted by molar-refractivity contribution is -0.386. The SMILES string of the molecule is COCc1cccc(NC(=O)Cn2nc(C)c([N+](=O)[O-])c2C)c1. The van der Waals surface area contributed by atoms with Crippen molar-refractivity contribution in [2.75, 3.05) is 12.4 Å². The molecule has 8 heteroatoms. The first-order valence-electron chi connectivity index (χ1n) is 6.98. The Morgan fingerprint density at radius 3 is 2.78 bits per heavy atom. The van der Waals surface area contributed by atoms with Gasteiger partial charge in [-0.05, 0) is 31.5 Å². The van der Waals surface area contributed by atoms with E-state index in [9.17, 15) is 14.9 Å². The Kier molecular flexibility index (Phi) is 5.07. The minimum Gasteiger partial charge on any atom is -0.380 e. The summed E-state index contributed by atoms with van der Waals surface area (Å²) in [6, 6.07) is 7.29. The van der Waals surface area contributed by atoms with Crippen molar-refractivity contribution in [1.29, 1.82) is 0 Å². The molecule has 2 rings (SSSR count). The minimum atomic E-state index is -0.486. The Balaban J connectivity index is 2.10. The van der Waals surface area contributed by atoms with E-state index in [1.807, 2.05) is 18.2 Å². The molecular weight excluding hydrogens is 300 g/mol. The number of nitrogens with zero attached hydrogens (tertiary/aromatic N) is 3. The van der Waals surface area contributed by atoms with Gasteiger partial charge in [-0.3, -0.25) is 19.6 Å². The van der Waals surface area contributed by atoms with Crippen LogP contribution in [0.3, 0.4) is 0 Å². The highest BCUT2D eigenvalue weighted by molar-refractivity contribution is 5.90. The van der Waals surface area contributed by atoms with Gasteiger partial charge in [-0.25, -0.2) is 0 Å². The first-order valence-corrected chi connectivity index (χ1v) is 6.98. The van der Waals surface area contributed by atoms with Crippen LogP contribution in [0.2, 0.25) is 0 Å². The Hall–Kier alpha value is -2.74. The summed E-state index contributed by atoms with van der Waals surface area (Å²) in [6.45, 7) is 3.49. The first-order chi connectivity index (χ1) is 10.9. The van der Waals surface area contributed by atoms with Crippen LogP contribution in [0.4, 0.5) is 11.4 Å². The number of hydrogen-bond donors (Lipinski definition) is 1. The smallest absolute Gasteiger partial charge is 0.312 e. The first kappa shape index (κ1) is 16.6. The molecule has 1 aromatic carbocycles. The molecule has 23 heavy (non-hydrogen) atoms. The summed E-state index contributed by atoms with van der Waals surface area (Å²) in [5.74, 6) is -0.305. The van der Waals surface area contributed by atoms with Crippen LogP contribution >= 0.6 is 0 Å². The zero-order valence-corrected chi connectivity index (χ0v) is 13.2. The molecule has 0 saturated carbocycles. The fraction of sp³-hybridized carbons (Fsp3) is 0.333. The van der Waals surface area contributed by atoms with Crippen molar-refractivity contribution in [3.05, 3.63) is 51.3 Å². The van der Waals surface area contributed by atoms with E-state index in [1.165, 1.54) is 4.68 Å². The van der Waals surface area contributed by atoms with Crippen LogP contribution in [0.15, 0.2) is 24.3 Å². The Morgan fingerprint density at radius 1 is 1.43 bits per heavy atom. The number of nitrogens with one attached hydrogen (secondary N) is 1. The highest BCUT2D eigenvalue weighted by Crippen LogP contribution is 2.21. The summed E-state index contributed by atoms with van der Waals surface area (Å²) in [5, 5.41) is 17.8. The molecule has 1 aromatic heterocycles. The molecule has 0 fully saturated rings. The lowest BCUT2D eigenvalue weighted by atomic mass is 10.2. The third-order valence-corrected chi connectivity index (χ3v) is 3.34. The van der Waals surface area contributed by atoms with Crippen molar-refractivity contribution in [3.63, 3.8) is 0 Å². The minimum absolute atomic E-state index is 0.0557. The van der Waals surface area contributed by atoms with Gasteiger partial charge in [0, 0.05) is 12.8 Å². The van der Waals surface area contributed by atoms with Crippen molar-refractivity contribution in [1.82, 2.24) is 9.78 Å². The predicted molar refractivity (Wildman–Crippen MR) is 84.1 cm³/mol. The lowest BCUT2D eigenvalue weighted by Crippen LogP contribution is -2.20. The van der Waals surface area contributed by atoms with Gasteiger partial charge in [0.1, 0.15) is 17.9 Å². The van der Waals surface area contributed by atoms with E-state index in [4.69, 9.17) is 4.74 Å². The van der Waals surface area contributed by atoms with E-state index >= 15 is 0 Å². The predicted octanol–water partition coefficient (Wildman–Crippen LogP) is 2.19. The van der Waals surface area contributed by atoms with E-state index < -0.39 is 4.92 Å². The van der Waals surface area contributed by atoms with E-state index in [2.05, 4.69) is 10.4 Å². The van der Waals surface area contributed by atoms with Gasteiger partial charge in [0.05, 0.1) is 11.5 Å². The molecule has 0 bridgehead atoms. The number of amides is 1. The van der Waals surface area contributed by atoms with Crippen molar-refractivity contribution in [3.8, 4) is 0 Å². The zero-order valence-electron chi connectivity index (χ0n) is 13.2. The number of hydrogen-bond acceptors (Lipinski definition) is 5. The molecular formula is C15H18N4O4. The fourth-order valence-corrected chi connectivity index (χ4v) is 2.35. The second-order valence-corrected chi connectivity index (χ2v) is 5.12. The average Bonchev–Trinajstić information content (AvgIpc) is 2.73. The third kappa shape index (κ3) is 3.92. The summed E-state index contributed by atoms with van der Waals surface area (Å²) < 4.78 is 6.38. The Labute approximate surface area is 133 Å². The average molecular weight is 318 g/mol. The number of methoxy groups -OCH3 is 1. The Bertz CT molecular complexity index is 739. The van der Waals surface area contributed by atoms with Gasteiger partial charge in [0.15, 0.2) is 0 Å². The van der Waals surface area contributed by atoms with Crippen LogP contribution in [0.25, 0.3) is 0 Å². The molecule has 0 radical (unpaired) electrons. The molecule has 2 aromatic rings. The molecule has 0 aliphatic carbocycles. The van der Waals surface area contributed by atoms with Gasteiger partial charge in [-0.1, -0.05) is 12.1 Å². The number of carbonyl (C=O) groups excluding carboxylic acids is 1. The maximum atomic E-state index is 12.1. The Morgan fingerprint density at radius 2 is 2.17 bits per heavy atom. The van der Waals surface area contributed by atoms with Gasteiger partial charge in [0.2, 0.25) is 5.91 Å². The largest absolute Gasteiger partial charge is 0.380 e. The van der Waals surface area contributed by atoms with E-state index in [0.29, 0.717) is 23.7 Å². The summed E-state index contributed by atoms with van der Waals surface area (Å²) in [4.78, 5) is 22.6. The van der Waals surface area contributed by atoms with Crippen LogP contribution in [-0.4, -0.2) is 27.7 Å². The van der Waals surface area contributed by atoms with Crippen LogP contribution in [0, 0.1) is 24.0 Å². The monoisotopic (exact) mass is 318 g/mol. The number of carbonyl (C=O) groups is 1. The van der Waals surface area contributed by atoms with Gasteiger partial charge >= 0.3 is 5.69 Å². The molecule has 0 saturated heterocycles. The van der Waals surface area contributed by atoms with Gasteiger partial charge < -0.3 is 10.1 Å². The molecule has 0 aliphatic heterocycles. The second-order valence-electron chi connectivity index (χ2n) is 5.12. The topological polar surface area (TPSA) is 99.3 Å². The highest BCUT2D eigenvalue weighted by atomic mass is 16.6. The molecule has 1 amide bonds. The van der Waals surface area contributed by atoms with Crippen molar-refractivity contribution in [2.24, 2.45) is 0 Å². The molecule has 8 nitrogen and oxygen atoms in total. The van der Waals surface area contributed by atoms with Crippen LogP contribution in [-0.2, 0) is 22.7 Å². The van der Waals surface area contributed by atoms with E-state index in [1.54, 1.807) is 27.0 Å². The highest BCUT2D eigenvalue weighted by Gasteiger charge is 2.22. The van der Waals surface area contributed by atoms with Crippen LogP contribution < -0.4 is 5.32 Å². The number of nitro groups is 1. The normalized spacial score (nSPS) is 10.6. The van der Waals surface area contributed by atoms with Gasteiger partial charge in [-0.15, -0.1) is 0 Å². The second kappa shape index (κ2) is 7.01. The number of anilines is 1. The molecule has 1 heterocycles. The molecule has 122 valence electrons. The summed E-state index contributed by atoms with van der Waals surface area (Å²) in [5.41, 5.74) is 2.17. The molecule has 0 aliphatic rings. The quantitative estimate of drug-likeness (QED) is 0.650. The van der Waals surface area contributed by atoms with E-state index in [0.717, 1.165) is 5.56 Å². The van der Waals surface area contributed by atoms with Crippen LogP contribution in [0.1, 0.15) is 17.0 Å². The van der Waals surface area contributed by atoms with Crippen molar-refractivity contribution in [2.45, 2.75) is 27.0 Å². The summed E-state index contributed by atoms with van der Waals surface area (Å²) >= 11 is 0. The lowest BCUT2D eigenvalue weighted by Gasteiger charge is -2.08. The summed E-state index contributed by atoms with van der Waals surface area (Å²) in [7, 11) is 1.60.